The zero-order chi connectivity index (χ0) is 10.0. The number of hydrogen-bond donors (Lipinski definition) is 2. The second kappa shape index (κ2) is 3.52. The van der Waals surface area contributed by atoms with Crippen molar-refractivity contribution in [2.45, 2.75) is 18.5 Å². The summed E-state index contributed by atoms with van der Waals surface area (Å²) < 4.78 is 0. The Hall–Kier alpha value is -1.19. The van der Waals surface area contributed by atoms with Crippen molar-refractivity contribution in [1.82, 2.24) is 0 Å². The van der Waals surface area contributed by atoms with E-state index in [1.165, 1.54) is 0 Å². The standard InChI is InChI=1S/C11H14N2O/c12-11(6-3-7-14)8-9-4-1-2-5-10(9)13-11/h1-2,4-5,8,14H,3,6-7,12H2/t11-/m1/s1. The summed E-state index contributed by atoms with van der Waals surface area (Å²) >= 11 is 0. The van der Waals surface area contributed by atoms with E-state index in [0.717, 1.165) is 10.6 Å². The van der Waals surface area contributed by atoms with Crippen molar-refractivity contribution < 1.29 is 5.11 Å². The molecule has 1 aliphatic rings. The third-order valence-electron chi connectivity index (χ3n) is 2.41. The topological polar surface area (TPSA) is 58.6 Å². The SMILES string of the molecule is N[C@@]1(CCCO)C=c2ccccc2=N1. The van der Waals surface area contributed by atoms with Crippen LogP contribution in [0.4, 0.5) is 0 Å². The molecule has 3 N–H and O–H groups in total. The number of nitrogens with two attached hydrogens (primary N) is 1. The minimum atomic E-state index is -0.605. The first-order chi connectivity index (χ1) is 6.73. The highest BCUT2D eigenvalue weighted by Gasteiger charge is 2.22. The summed E-state index contributed by atoms with van der Waals surface area (Å²) in [5, 5.41) is 10.8. The maximum absolute atomic E-state index is 8.75. The molecule has 14 heavy (non-hydrogen) atoms. The van der Waals surface area contributed by atoms with Gasteiger partial charge in [-0.2, -0.15) is 0 Å². The van der Waals surface area contributed by atoms with Crippen LogP contribution in [-0.2, 0) is 0 Å². The molecular weight excluding hydrogens is 176 g/mol. The molecule has 0 saturated carbocycles. The molecule has 2 rings (SSSR count). The summed E-state index contributed by atoms with van der Waals surface area (Å²) in [5.41, 5.74) is 5.46. The number of hydrogen-bond acceptors (Lipinski definition) is 3. The number of rotatable bonds is 3. The Morgan fingerprint density at radius 1 is 1.36 bits per heavy atom. The van der Waals surface area contributed by atoms with Gasteiger partial charge in [-0.15, -0.1) is 0 Å². The van der Waals surface area contributed by atoms with Crippen LogP contribution in [0.5, 0.6) is 0 Å². The lowest BCUT2D eigenvalue weighted by molar-refractivity contribution is 0.274. The molecule has 0 amide bonds. The van der Waals surface area contributed by atoms with Gasteiger partial charge in [-0.1, -0.05) is 18.2 Å². The first-order valence-corrected chi connectivity index (χ1v) is 4.81. The average molecular weight is 190 g/mol. The van der Waals surface area contributed by atoms with Crippen LogP contribution in [0.3, 0.4) is 0 Å². The molecule has 0 fully saturated rings. The van der Waals surface area contributed by atoms with Gasteiger partial charge < -0.3 is 10.8 Å². The minimum Gasteiger partial charge on any atom is -0.396 e. The molecule has 0 radical (unpaired) electrons. The van der Waals surface area contributed by atoms with E-state index in [1.807, 2.05) is 30.3 Å². The Kier molecular flexibility index (Phi) is 2.35. The molecule has 0 spiro atoms. The maximum atomic E-state index is 8.75. The maximum Gasteiger partial charge on any atom is 0.128 e. The summed E-state index contributed by atoms with van der Waals surface area (Å²) in [6.45, 7) is 0.165. The average Bonchev–Trinajstić information content (AvgIpc) is 2.51. The van der Waals surface area contributed by atoms with E-state index in [4.69, 9.17) is 10.8 Å². The van der Waals surface area contributed by atoms with E-state index in [1.54, 1.807) is 0 Å². The predicted molar refractivity (Wildman–Crippen MR) is 54.9 cm³/mol. The largest absolute Gasteiger partial charge is 0.396 e. The summed E-state index contributed by atoms with van der Waals surface area (Å²) in [5.74, 6) is 0. The van der Waals surface area contributed by atoms with Crippen LogP contribution in [0.25, 0.3) is 6.08 Å². The van der Waals surface area contributed by atoms with Crippen LogP contribution >= 0.6 is 0 Å². The van der Waals surface area contributed by atoms with Crippen LogP contribution in [0.15, 0.2) is 29.3 Å². The fourth-order valence-electron chi connectivity index (χ4n) is 1.73. The molecular formula is C11H14N2O. The highest BCUT2D eigenvalue weighted by Crippen LogP contribution is 2.14. The minimum absolute atomic E-state index is 0.165. The lowest BCUT2D eigenvalue weighted by atomic mass is 10.1. The van der Waals surface area contributed by atoms with Crippen molar-refractivity contribution in [1.29, 1.82) is 0 Å². The molecule has 0 aromatic heterocycles. The molecule has 0 saturated heterocycles. The third kappa shape index (κ3) is 1.69. The molecule has 1 aliphatic heterocycles. The van der Waals surface area contributed by atoms with Gasteiger partial charge in [0.2, 0.25) is 0 Å². The van der Waals surface area contributed by atoms with E-state index in [2.05, 4.69) is 4.99 Å². The molecule has 3 nitrogen and oxygen atoms in total. The van der Waals surface area contributed by atoms with E-state index in [-0.39, 0.29) is 6.61 Å². The van der Waals surface area contributed by atoms with Crippen LogP contribution < -0.4 is 16.3 Å². The number of fused-ring (bicyclic) bond motifs is 1. The Morgan fingerprint density at radius 3 is 2.86 bits per heavy atom. The van der Waals surface area contributed by atoms with E-state index in [9.17, 15) is 0 Å². The fourth-order valence-corrected chi connectivity index (χ4v) is 1.73. The van der Waals surface area contributed by atoms with Crippen molar-refractivity contribution in [3.8, 4) is 0 Å². The quantitative estimate of drug-likeness (QED) is 0.677. The number of aliphatic hydroxyl groups is 1. The molecule has 0 aliphatic carbocycles. The predicted octanol–water partition coefficient (Wildman–Crippen LogP) is -0.472. The van der Waals surface area contributed by atoms with Crippen molar-refractivity contribution in [3.05, 3.63) is 34.8 Å². The Bertz CT molecular complexity index is 404. The van der Waals surface area contributed by atoms with Gasteiger partial charge in [-0.25, -0.2) is 0 Å². The zero-order valence-corrected chi connectivity index (χ0v) is 7.98. The lowest BCUT2D eigenvalue weighted by Crippen LogP contribution is -2.34. The molecule has 0 bridgehead atoms. The van der Waals surface area contributed by atoms with Gasteiger partial charge in [0.05, 0.1) is 5.36 Å². The van der Waals surface area contributed by atoms with Crippen molar-refractivity contribution in [3.63, 3.8) is 0 Å². The Labute approximate surface area is 82.6 Å². The smallest absolute Gasteiger partial charge is 0.128 e. The highest BCUT2D eigenvalue weighted by atomic mass is 16.2. The third-order valence-corrected chi connectivity index (χ3v) is 2.41. The summed E-state index contributed by atoms with van der Waals surface area (Å²) in [4.78, 5) is 4.43. The van der Waals surface area contributed by atoms with Gasteiger partial charge in [0.15, 0.2) is 0 Å². The summed E-state index contributed by atoms with van der Waals surface area (Å²) in [7, 11) is 0. The Balaban J connectivity index is 2.33. The Morgan fingerprint density at radius 2 is 2.14 bits per heavy atom. The molecule has 1 aromatic carbocycles. The van der Waals surface area contributed by atoms with Gasteiger partial charge in [0.25, 0.3) is 0 Å². The second-order valence-corrected chi connectivity index (χ2v) is 3.63. The fraction of sp³-hybridized carbons (Fsp3) is 0.364. The van der Waals surface area contributed by atoms with Crippen molar-refractivity contribution >= 4 is 6.08 Å². The number of para-hydroxylation sites is 1. The lowest BCUT2D eigenvalue weighted by Gasteiger charge is -2.17. The van der Waals surface area contributed by atoms with Crippen LogP contribution in [0.1, 0.15) is 12.8 Å². The highest BCUT2D eigenvalue weighted by molar-refractivity contribution is 5.39. The van der Waals surface area contributed by atoms with Gasteiger partial charge in [0.1, 0.15) is 5.66 Å². The summed E-state index contributed by atoms with van der Waals surface area (Å²) in [6.07, 6.45) is 3.35. The van der Waals surface area contributed by atoms with Crippen molar-refractivity contribution in [2.75, 3.05) is 6.61 Å². The molecule has 3 heteroatoms. The van der Waals surface area contributed by atoms with E-state index >= 15 is 0 Å². The first-order valence-electron chi connectivity index (χ1n) is 4.81. The molecule has 74 valence electrons. The number of nitrogens with zero attached hydrogens (tertiary/aromatic N) is 1. The molecule has 1 heterocycles. The van der Waals surface area contributed by atoms with Crippen LogP contribution in [0.2, 0.25) is 0 Å². The number of benzene rings is 1. The van der Waals surface area contributed by atoms with E-state index < -0.39 is 5.66 Å². The van der Waals surface area contributed by atoms with Crippen molar-refractivity contribution in [2.24, 2.45) is 10.7 Å². The van der Waals surface area contributed by atoms with Gasteiger partial charge in [-0.05, 0) is 30.2 Å². The zero-order valence-electron chi connectivity index (χ0n) is 7.98. The summed E-state index contributed by atoms with van der Waals surface area (Å²) in [6, 6.07) is 7.89. The van der Waals surface area contributed by atoms with Gasteiger partial charge in [-0.3, -0.25) is 4.99 Å². The first kappa shape index (κ1) is 9.37. The van der Waals surface area contributed by atoms with Crippen LogP contribution in [-0.4, -0.2) is 17.4 Å². The van der Waals surface area contributed by atoms with Gasteiger partial charge >= 0.3 is 0 Å². The van der Waals surface area contributed by atoms with Gasteiger partial charge in [0, 0.05) is 6.61 Å². The second-order valence-electron chi connectivity index (χ2n) is 3.63. The molecule has 1 aromatic rings. The normalized spacial score (nSPS) is 23.9. The molecule has 0 unspecified atom stereocenters. The number of aliphatic hydroxyl groups excluding tert-OH is 1. The van der Waals surface area contributed by atoms with Crippen LogP contribution in [0, 0.1) is 0 Å². The monoisotopic (exact) mass is 190 g/mol. The molecule has 1 atom stereocenters. The van der Waals surface area contributed by atoms with E-state index in [0.29, 0.717) is 12.8 Å².